The van der Waals surface area contributed by atoms with Gasteiger partial charge >= 0.3 is 6.03 Å². The molecule has 6 heteroatoms. The van der Waals surface area contributed by atoms with Crippen molar-refractivity contribution >= 4 is 17.6 Å². The molecule has 0 radical (unpaired) electrons. The van der Waals surface area contributed by atoms with E-state index in [1.54, 1.807) is 4.90 Å². The Balaban J connectivity index is 1.19. The van der Waals surface area contributed by atoms with Crippen LogP contribution in [0.1, 0.15) is 40.7 Å². The lowest BCUT2D eigenvalue weighted by Gasteiger charge is -2.33. The molecule has 1 spiro atoms. The normalized spacial score (nSPS) is 22.9. The van der Waals surface area contributed by atoms with E-state index in [9.17, 15) is 9.59 Å². The molecule has 2 aromatic rings. The number of carbonyl (C=O) groups excluding carboxylic acids is 2. The first kappa shape index (κ1) is 19.1. The molecule has 1 atom stereocenters. The van der Waals surface area contributed by atoms with Crippen LogP contribution in [0.3, 0.4) is 0 Å². The number of fused-ring (bicyclic) bond motifs is 1. The molecular weight excluding hydrogens is 376 g/mol. The monoisotopic (exact) mass is 404 g/mol. The summed E-state index contributed by atoms with van der Waals surface area (Å²) in [4.78, 5) is 29.4. The van der Waals surface area contributed by atoms with Crippen molar-refractivity contribution in [2.75, 3.05) is 31.5 Å². The SMILES string of the molecule is O=C(Nc1ccc(C(=O)N2CCC3(CCCNC3)C2)cc1)N1Cc2ccccc2C1. The molecular formula is C24H28N4O2. The summed E-state index contributed by atoms with van der Waals surface area (Å²) in [5.74, 6) is 0.0883. The van der Waals surface area contributed by atoms with Crippen LogP contribution in [0.25, 0.3) is 0 Å². The van der Waals surface area contributed by atoms with Gasteiger partial charge in [-0.15, -0.1) is 0 Å². The number of nitrogens with zero attached hydrogens (tertiary/aromatic N) is 2. The van der Waals surface area contributed by atoms with E-state index in [1.165, 1.54) is 24.0 Å². The van der Waals surface area contributed by atoms with Gasteiger partial charge in [-0.05, 0) is 61.2 Å². The highest BCUT2D eigenvalue weighted by molar-refractivity contribution is 5.95. The predicted octanol–water partition coefficient (Wildman–Crippen LogP) is 3.45. The molecule has 0 aromatic heterocycles. The van der Waals surface area contributed by atoms with E-state index in [-0.39, 0.29) is 17.4 Å². The highest BCUT2D eigenvalue weighted by Gasteiger charge is 2.40. The number of piperidine rings is 1. The van der Waals surface area contributed by atoms with Crippen molar-refractivity contribution in [3.63, 3.8) is 0 Å². The summed E-state index contributed by atoms with van der Waals surface area (Å²) in [5, 5.41) is 6.44. The summed E-state index contributed by atoms with van der Waals surface area (Å²) < 4.78 is 0. The quantitative estimate of drug-likeness (QED) is 0.806. The third-order valence-corrected chi connectivity index (χ3v) is 6.80. The third-order valence-electron chi connectivity index (χ3n) is 6.80. The maximum absolute atomic E-state index is 13.0. The molecule has 2 fully saturated rings. The second-order valence-electron chi connectivity index (χ2n) is 8.89. The molecule has 30 heavy (non-hydrogen) atoms. The summed E-state index contributed by atoms with van der Waals surface area (Å²) in [6.45, 7) is 5.03. The van der Waals surface area contributed by atoms with Gasteiger partial charge in [0, 0.05) is 49.4 Å². The molecule has 6 nitrogen and oxygen atoms in total. The summed E-state index contributed by atoms with van der Waals surface area (Å²) in [5.41, 5.74) is 4.05. The molecule has 0 bridgehead atoms. The summed E-state index contributed by atoms with van der Waals surface area (Å²) >= 11 is 0. The fourth-order valence-corrected chi connectivity index (χ4v) is 5.05. The number of benzene rings is 2. The van der Waals surface area contributed by atoms with Crippen LogP contribution < -0.4 is 10.6 Å². The highest BCUT2D eigenvalue weighted by atomic mass is 16.2. The third kappa shape index (κ3) is 3.67. The first-order valence-corrected chi connectivity index (χ1v) is 10.8. The summed E-state index contributed by atoms with van der Waals surface area (Å²) in [6.07, 6.45) is 3.48. The van der Waals surface area contributed by atoms with Crippen molar-refractivity contribution < 1.29 is 9.59 Å². The fraction of sp³-hybridized carbons (Fsp3) is 0.417. The summed E-state index contributed by atoms with van der Waals surface area (Å²) in [6, 6.07) is 15.3. The first-order valence-electron chi connectivity index (χ1n) is 10.8. The van der Waals surface area contributed by atoms with Gasteiger partial charge in [0.15, 0.2) is 0 Å². The minimum absolute atomic E-state index is 0.0883. The van der Waals surface area contributed by atoms with Gasteiger partial charge in [-0.3, -0.25) is 4.79 Å². The van der Waals surface area contributed by atoms with Gasteiger partial charge < -0.3 is 20.4 Å². The first-order chi connectivity index (χ1) is 14.6. The Morgan fingerprint density at radius 3 is 2.33 bits per heavy atom. The predicted molar refractivity (Wildman–Crippen MR) is 116 cm³/mol. The maximum Gasteiger partial charge on any atom is 0.322 e. The minimum atomic E-state index is -0.114. The molecule has 3 amide bonds. The zero-order valence-corrected chi connectivity index (χ0v) is 17.2. The molecule has 3 heterocycles. The van der Waals surface area contributed by atoms with Crippen molar-refractivity contribution in [2.45, 2.75) is 32.4 Å². The molecule has 1 unspecified atom stereocenters. The van der Waals surface area contributed by atoms with E-state index in [0.717, 1.165) is 32.6 Å². The average molecular weight is 405 g/mol. The van der Waals surface area contributed by atoms with Crippen LogP contribution in [0, 0.1) is 5.41 Å². The Hall–Kier alpha value is -2.86. The number of likely N-dealkylation sites (tertiary alicyclic amines) is 1. The van der Waals surface area contributed by atoms with Crippen LogP contribution in [0.4, 0.5) is 10.5 Å². The van der Waals surface area contributed by atoms with E-state index in [0.29, 0.717) is 24.3 Å². The molecule has 2 aromatic carbocycles. The van der Waals surface area contributed by atoms with Crippen molar-refractivity contribution in [3.05, 3.63) is 65.2 Å². The van der Waals surface area contributed by atoms with E-state index in [4.69, 9.17) is 0 Å². The molecule has 2 N–H and O–H groups in total. The van der Waals surface area contributed by atoms with Crippen LogP contribution in [-0.4, -0.2) is 47.9 Å². The van der Waals surface area contributed by atoms with Crippen molar-refractivity contribution in [1.82, 2.24) is 15.1 Å². The van der Waals surface area contributed by atoms with Crippen molar-refractivity contribution in [3.8, 4) is 0 Å². The fourth-order valence-electron chi connectivity index (χ4n) is 5.05. The number of amides is 3. The van der Waals surface area contributed by atoms with Gasteiger partial charge in [0.2, 0.25) is 0 Å². The Morgan fingerprint density at radius 1 is 0.933 bits per heavy atom. The van der Waals surface area contributed by atoms with Crippen molar-refractivity contribution in [1.29, 1.82) is 0 Å². The van der Waals surface area contributed by atoms with E-state index < -0.39 is 0 Å². The Bertz CT molecular complexity index is 925. The largest absolute Gasteiger partial charge is 0.338 e. The van der Waals surface area contributed by atoms with Gasteiger partial charge in [-0.1, -0.05) is 24.3 Å². The van der Waals surface area contributed by atoms with Crippen LogP contribution in [-0.2, 0) is 13.1 Å². The standard InChI is InChI=1S/C24H28N4O2/c29-22(27-13-11-24(17-27)10-3-12-25-16-24)18-6-8-21(9-7-18)26-23(30)28-14-19-4-1-2-5-20(19)15-28/h1-2,4-9,25H,3,10-17H2,(H,26,30). The Labute approximate surface area is 177 Å². The molecule has 156 valence electrons. The highest BCUT2D eigenvalue weighted by Crippen LogP contribution is 2.37. The van der Waals surface area contributed by atoms with Gasteiger partial charge in [0.1, 0.15) is 0 Å². The number of nitrogens with one attached hydrogen (secondary N) is 2. The summed E-state index contributed by atoms with van der Waals surface area (Å²) in [7, 11) is 0. The molecule has 3 aliphatic rings. The lowest BCUT2D eigenvalue weighted by molar-refractivity contribution is 0.0764. The van der Waals surface area contributed by atoms with Gasteiger partial charge in [-0.2, -0.15) is 0 Å². The molecule has 2 saturated heterocycles. The number of hydrogen-bond donors (Lipinski definition) is 2. The Kier molecular flexibility index (Phi) is 4.95. The molecule has 0 aliphatic carbocycles. The van der Waals surface area contributed by atoms with Crippen LogP contribution in [0.2, 0.25) is 0 Å². The number of urea groups is 1. The number of hydrogen-bond acceptors (Lipinski definition) is 3. The zero-order valence-electron chi connectivity index (χ0n) is 17.2. The van der Waals surface area contributed by atoms with E-state index >= 15 is 0 Å². The maximum atomic E-state index is 13.0. The van der Waals surface area contributed by atoms with E-state index in [1.807, 2.05) is 41.3 Å². The van der Waals surface area contributed by atoms with E-state index in [2.05, 4.69) is 22.8 Å². The number of anilines is 1. The van der Waals surface area contributed by atoms with Crippen LogP contribution in [0.15, 0.2) is 48.5 Å². The zero-order chi connectivity index (χ0) is 20.6. The smallest absolute Gasteiger partial charge is 0.322 e. The van der Waals surface area contributed by atoms with Crippen LogP contribution >= 0.6 is 0 Å². The second kappa shape index (κ2) is 7.76. The lowest BCUT2D eigenvalue weighted by Crippen LogP contribution is -2.42. The van der Waals surface area contributed by atoms with Gasteiger partial charge in [0.25, 0.3) is 5.91 Å². The van der Waals surface area contributed by atoms with Gasteiger partial charge in [0.05, 0.1) is 0 Å². The molecule has 5 rings (SSSR count). The minimum Gasteiger partial charge on any atom is -0.338 e. The lowest BCUT2D eigenvalue weighted by atomic mass is 9.80. The van der Waals surface area contributed by atoms with Gasteiger partial charge in [-0.25, -0.2) is 4.79 Å². The second-order valence-corrected chi connectivity index (χ2v) is 8.89. The van der Waals surface area contributed by atoms with Crippen molar-refractivity contribution in [2.24, 2.45) is 5.41 Å². The van der Waals surface area contributed by atoms with Crippen LogP contribution in [0.5, 0.6) is 0 Å². The topological polar surface area (TPSA) is 64.7 Å². The molecule has 0 saturated carbocycles. The molecule has 3 aliphatic heterocycles. The number of rotatable bonds is 2. The Morgan fingerprint density at radius 2 is 1.67 bits per heavy atom. The average Bonchev–Trinajstić information content (AvgIpc) is 3.39. The number of carbonyl (C=O) groups is 2.